The van der Waals surface area contributed by atoms with Gasteiger partial charge in [-0.3, -0.25) is 0 Å². The second kappa shape index (κ2) is 4.58. The van der Waals surface area contributed by atoms with Crippen LogP contribution in [-0.4, -0.2) is 30.0 Å². The van der Waals surface area contributed by atoms with Crippen LogP contribution >= 0.6 is 0 Å². The zero-order valence-electron chi connectivity index (χ0n) is 9.38. The van der Waals surface area contributed by atoms with Crippen LogP contribution in [0.4, 0.5) is 0 Å². The van der Waals surface area contributed by atoms with Gasteiger partial charge in [0, 0.05) is 0 Å². The van der Waals surface area contributed by atoms with Gasteiger partial charge in [-0.05, 0) is 0 Å². The van der Waals surface area contributed by atoms with E-state index in [4.69, 9.17) is 0 Å². The van der Waals surface area contributed by atoms with Crippen LogP contribution in [0.3, 0.4) is 0 Å². The van der Waals surface area contributed by atoms with E-state index in [2.05, 4.69) is 0 Å². The van der Waals surface area contributed by atoms with E-state index in [1.54, 1.807) is 0 Å². The second-order valence-electron chi connectivity index (χ2n) is 4.21. The Kier molecular flexibility index (Phi) is 3.33. The molecule has 0 aliphatic rings. The average molecular weight is 284 g/mol. The van der Waals surface area contributed by atoms with Crippen LogP contribution in [-0.2, 0) is 0 Å². The Morgan fingerprint density at radius 1 is 1.38 bits per heavy atom. The number of aliphatic hydroxyl groups excluding tert-OH is 1. The fraction of sp³-hybridized carbons (Fsp3) is 0.417. The average Bonchev–Trinajstić information content (AvgIpc) is 2.58. The minimum absolute atomic E-state index is 0.0192. The molecule has 0 unspecified atom stereocenters. The van der Waals surface area contributed by atoms with Crippen molar-refractivity contribution < 1.29 is 5.11 Å². The number of nitrogens with zero attached hydrogens (tertiary/aromatic N) is 1. The predicted octanol–water partition coefficient (Wildman–Crippen LogP) is 1.25. The van der Waals surface area contributed by atoms with Gasteiger partial charge in [0.05, 0.1) is 0 Å². The summed E-state index contributed by atoms with van der Waals surface area (Å²) in [5.74, 6) is 0.283. The van der Waals surface area contributed by atoms with E-state index in [1.165, 1.54) is 0 Å². The first-order valence-corrected chi connectivity index (χ1v) is 6.99. The van der Waals surface area contributed by atoms with Crippen molar-refractivity contribution in [2.75, 3.05) is 6.61 Å². The van der Waals surface area contributed by atoms with Crippen molar-refractivity contribution in [1.29, 1.82) is 0 Å². The van der Waals surface area contributed by atoms with Crippen LogP contribution in [0.5, 0.6) is 0 Å². The molecule has 1 atom stereocenters. The monoisotopic (exact) mass is 285 g/mol. The van der Waals surface area contributed by atoms with Gasteiger partial charge >= 0.3 is 100 Å². The Labute approximate surface area is 100 Å². The zero-order chi connectivity index (χ0) is 11.7. The summed E-state index contributed by atoms with van der Waals surface area (Å²) in [4.78, 5) is 12.1. The summed E-state index contributed by atoms with van der Waals surface area (Å²) in [6.07, 6.45) is 0. The number of benzene rings is 1. The number of rotatable bonds is 3. The first-order valence-electron chi connectivity index (χ1n) is 5.36. The fourth-order valence-electron chi connectivity index (χ4n) is 1.76. The van der Waals surface area contributed by atoms with Crippen molar-refractivity contribution in [1.82, 2.24) is 3.56 Å². The van der Waals surface area contributed by atoms with Gasteiger partial charge < -0.3 is 0 Å². The first kappa shape index (κ1) is 11.6. The van der Waals surface area contributed by atoms with E-state index in [0.29, 0.717) is 0 Å². The molecule has 0 aliphatic carbocycles. The zero-order valence-corrected chi connectivity index (χ0v) is 11.1. The number of aliphatic hydroxyl groups is 1. The molecule has 1 N–H and O–H groups in total. The van der Waals surface area contributed by atoms with Gasteiger partial charge in [-0.1, -0.05) is 0 Å². The Hall–Kier alpha value is -0.831. The maximum absolute atomic E-state index is 12.1. The van der Waals surface area contributed by atoms with E-state index in [-0.39, 0.29) is 38.9 Å². The Balaban J connectivity index is 2.61. The molecule has 0 aliphatic heterocycles. The third kappa shape index (κ3) is 1.88. The van der Waals surface area contributed by atoms with Gasteiger partial charge in [-0.15, -0.1) is 0 Å². The molecule has 4 heteroatoms. The van der Waals surface area contributed by atoms with Crippen molar-refractivity contribution in [2.45, 2.75) is 19.9 Å². The van der Waals surface area contributed by atoms with Crippen LogP contribution in [0.25, 0.3) is 9.65 Å². The molecule has 0 saturated heterocycles. The molecule has 0 amide bonds. The number of hydrogen-bond donors (Lipinski definition) is 1. The molecule has 0 fully saturated rings. The summed E-state index contributed by atoms with van der Waals surface area (Å²) in [6.45, 7) is 4.11. The third-order valence-electron chi connectivity index (χ3n) is 2.77. The predicted molar refractivity (Wildman–Crippen MR) is 66.1 cm³/mol. The molecule has 0 bridgehead atoms. The summed E-state index contributed by atoms with van der Waals surface area (Å²) >= 11 is 0.0192. The van der Waals surface area contributed by atoms with Gasteiger partial charge in [0.15, 0.2) is 0 Å². The molecule has 3 nitrogen and oxygen atoms in total. The van der Waals surface area contributed by atoms with Crippen molar-refractivity contribution in [3.63, 3.8) is 0 Å². The van der Waals surface area contributed by atoms with Crippen molar-refractivity contribution in [3.8, 4) is 0 Å². The van der Waals surface area contributed by atoms with Crippen molar-refractivity contribution in [2.24, 2.45) is 5.92 Å². The molecule has 2 aromatic rings. The molecular weight excluding hydrogens is 269 g/mol. The molecule has 86 valence electrons. The first-order chi connectivity index (χ1) is 7.65. The van der Waals surface area contributed by atoms with E-state index in [0.717, 1.165) is 9.65 Å². The summed E-state index contributed by atoms with van der Waals surface area (Å²) in [7, 11) is 0. The molecule has 0 saturated carbocycles. The Morgan fingerprint density at radius 2 is 2.06 bits per heavy atom. The summed E-state index contributed by atoms with van der Waals surface area (Å²) in [5.41, 5.74) is 0.0725. The van der Waals surface area contributed by atoms with Gasteiger partial charge in [-0.25, -0.2) is 0 Å². The standard InChI is InChI=1S/C12H15NO2Se/c1-8(2)10(7-14)13-12(15)9-5-3-4-6-11(9)16-13/h3-6,8,10,14H,7H2,1-2H3/t10-/m1/s1. The van der Waals surface area contributed by atoms with Crippen LogP contribution < -0.4 is 5.56 Å². The number of aromatic nitrogens is 1. The second-order valence-corrected chi connectivity index (χ2v) is 6.34. The van der Waals surface area contributed by atoms with E-state index in [9.17, 15) is 9.90 Å². The SMILES string of the molecule is CC(C)[C@@H](CO)n1[se]c2ccccc2c1=O. The van der Waals surface area contributed by atoms with Crippen molar-refractivity contribution in [3.05, 3.63) is 34.6 Å². The van der Waals surface area contributed by atoms with Crippen LogP contribution in [0.1, 0.15) is 19.9 Å². The van der Waals surface area contributed by atoms with Gasteiger partial charge in [0.1, 0.15) is 0 Å². The molecule has 1 aromatic carbocycles. The van der Waals surface area contributed by atoms with Crippen LogP contribution in [0.15, 0.2) is 29.1 Å². The number of fused-ring (bicyclic) bond motifs is 1. The summed E-state index contributed by atoms with van der Waals surface area (Å²) in [6, 6.07) is 7.66. The van der Waals surface area contributed by atoms with Crippen LogP contribution in [0.2, 0.25) is 0 Å². The summed E-state index contributed by atoms with van der Waals surface area (Å²) < 4.78 is 2.96. The normalized spacial score (nSPS) is 13.5. The van der Waals surface area contributed by atoms with Gasteiger partial charge in [-0.2, -0.15) is 0 Å². The van der Waals surface area contributed by atoms with Crippen molar-refractivity contribution >= 4 is 24.4 Å². The molecule has 0 spiro atoms. The molecule has 16 heavy (non-hydrogen) atoms. The number of hydrogen-bond acceptors (Lipinski definition) is 2. The molecule has 0 radical (unpaired) electrons. The summed E-state index contributed by atoms with van der Waals surface area (Å²) in [5, 5.41) is 10.2. The molecule has 1 aromatic heterocycles. The maximum atomic E-state index is 12.1. The van der Waals surface area contributed by atoms with E-state index >= 15 is 0 Å². The Morgan fingerprint density at radius 3 is 2.62 bits per heavy atom. The minimum atomic E-state index is -0.0556. The molecule has 1 heterocycles. The van der Waals surface area contributed by atoms with Crippen LogP contribution in [0, 0.1) is 5.92 Å². The molecule has 2 rings (SSSR count). The van der Waals surface area contributed by atoms with E-state index in [1.807, 2.05) is 41.7 Å². The fourth-order valence-corrected chi connectivity index (χ4v) is 4.35. The third-order valence-corrected chi connectivity index (χ3v) is 5.26. The van der Waals surface area contributed by atoms with Gasteiger partial charge in [0.2, 0.25) is 0 Å². The quantitative estimate of drug-likeness (QED) is 0.862. The van der Waals surface area contributed by atoms with Gasteiger partial charge in [0.25, 0.3) is 0 Å². The molecular formula is C12H15NO2Se. The topological polar surface area (TPSA) is 42.2 Å². The Bertz CT molecular complexity index is 541. The van der Waals surface area contributed by atoms with E-state index < -0.39 is 0 Å².